The Labute approximate surface area is 131 Å². The van der Waals surface area contributed by atoms with E-state index >= 15 is 0 Å². The summed E-state index contributed by atoms with van der Waals surface area (Å²) in [5.74, 6) is 0. The van der Waals surface area contributed by atoms with Crippen molar-refractivity contribution in [2.45, 2.75) is 20.0 Å². The van der Waals surface area contributed by atoms with Crippen LogP contribution in [0.1, 0.15) is 15.3 Å². The molecule has 0 bridgehead atoms. The molecule has 1 aromatic carbocycles. The summed E-state index contributed by atoms with van der Waals surface area (Å²) in [4.78, 5) is 7.74. The number of thiophene rings is 1. The largest absolute Gasteiger partial charge is 0.369 e. The molecule has 3 rings (SSSR count). The molecule has 1 aliphatic heterocycles. The molecule has 0 amide bonds. The third-order valence-corrected chi connectivity index (χ3v) is 5.28. The molecule has 0 radical (unpaired) electrons. The maximum atomic E-state index is 5.74. The highest BCUT2D eigenvalue weighted by molar-refractivity contribution is 7.12. The fraction of sp³-hybridized carbons (Fsp3) is 0.412. The highest BCUT2D eigenvalue weighted by atomic mass is 32.1. The van der Waals surface area contributed by atoms with Crippen LogP contribution in [0.4, 0.5) is 5.69 Å². The summed E-state index contributed by atoms with van der Waals surface area (Å²) < 4.78 is 0. The molecule has 1 aliphatic rings. The molecular weight excluding hydrogens is 278 g/mol. The van der Waals surface area contributed by atoms with Gasteiger partial charge in [-0.1, -0.05) is 18.2 Å². The zero-order valence-electron chi connectivity index (χ0n) is 12.6. The molecule has 0 unspecified atom stereocenters. The number of piperazine rings is 1. The lowest BCUT2D eigenvalue weighted by Gasteiger charge is -2.36. The Kier molecular flexibility index (Phi) is 4.58. The van der Waals surface area contributed by atoms with Gasteiger partial charge in [0.25, 0.3) is 0 Å². The highest BCUT2D eigenvalue weighted by Crippen LogP contribution is 2.23. The molecule has 112 valence electrons. The van der Waals surface area contributed by atoms with Gasteiger partial charge in [-0.3, -0.25) is 4.90 Å². The van der Waals surface area contributed by atoms with Gasteiger partial charge in [0.2, 0.25) is 0 Å². The first-order valence-corrected chi connectivity index (χ1v) is 8.38. The molecule has 0 saturated carbocycles. The SMILES string of the molecule is Cc1sc(CN)cc1CN1CCN(c2ccccc2)CC1. The predicted molar refractivity (Wildman–Crippen MR) is 90.9 cm³/mol. The number of nitrogens with zero attached hydrogens (tertiary/aromatic N) is 2. The van der Waals surface area contributed by atoms with Crippen molar-refractivity contribution in [1.29, 1.82) is 0 Å². The summed E-state index contributed by atoms with van der Waals surface area (Å²) in [6.07, 6.45) is 0. The first-order chi connectivity index (χ1) is 10.3. The van der Waals surface area contributed by atoms with Gasteiger partial charge >= 0.3 is 0 Å². The molecule has 21 heavy (non-hydrogen) atoms. The van der Waals surface area contributed by atoms with Crippen LogP contribution in [0.25, 0.3) is 0 Å². The zero-order chi connectivity index (χ0) is 14.7. The van der Waals surface area contributed by atoms with Crippen molar-refractivity contribution in [2.24, 2.45) is 5.73 Å². The smallest absolute Gasteiger partial charge is 0.0367 e. The lowest BCUT2D eigenvalue weighted by molar-refractivity contribution is 0.250. The minimum atomic E-state index is 0.660. The van der Waals surface area contributed by atoms with Gasteiger partial charge in [-0.15, -0.1) is 11.3 Å². The lowest BCUT2D eigenvalue weighted by atomic mass is 10.2. The van der Waals surface area contributed by atoms with E-state index in [2.05, 4.69) is 53.1 Å². The first-order valence-electron chi connectivity index (χ1n) is 7.57. The second-order valence-electron chi connectivity index (χ2n) is 5.60. The van der Waals surface area contributed by atoms with Gasteiger partial charge in [0, 0.05) is 54.7 Å². The summed E-state index contributed by atoms with van der Waals surface area (Å²) in [6.45, 7) is 8.40. The standard InChI is InChI=1S/C17H23N3S/c1-14-15(11-17(12-18)21-14)13-19-7-9-20(10-8-19)16-5-3-2-4-6-16/h2-6,11H,7-10,12-13,18H2,1H3. The van der Waals surface area contributed by atoms with E-state index in [4.69, 9.17) is 5.73 Å². The van der Waals surface area contributed by atoms with E-state index in [0.717, 1.165) is 32.7 Å². The minimum Gasteiger partial charge on any atom is -0.369 e. The van der Waals surface area contributed by atoms with Gasteiger partial charge in [0.05, 0.1) is 0 Å². The van der Waals surface area contributed by atoms with Crippen molar-refractivity contribution in [3.8, 4) is 0 Å². The van der Waals surface area contributed by atoms with Crippen LogP contribution in [0, 0.1) is 6.92 Å². The van der Waals surface area contributed by atoms with Gasteiger partial charge in [0.15, 0.2) is 0 Å². The van der Waals surface area contributed by atoms with Gasteiger partial charge in [0.1, 0.15) is 0 Å². The zero-order valence-corrected chi connectivity index (χ0v) is 13.4. The van der Waals surface area contributed by atoms with Crippen LogP contribution in [-0.4, -0.2) is 31.1 Å². The Morgan fingerprint density at radius 1 is 1.10 bits per heavy atom. The molecular formula is C17H23N3S. The molecule has 0 spiro atoms. The van der Waals surface area contributed by atoms with Crippen LogP contribution in [0.5, 0.6) is 0 Å². The summed E-state index contributed by atoms with van der Waals surface area (Å²) in [5.41, 5.74) is 8.53. The molecule has 4 heteroatoms. The third-order valence-electron chi connectivity index (χ3n) is 4.16. The normalized spacial score (nSPS) is 16.4. The van der Waals surface area contributed by atoms with Crippen molar-refractivity contribution in [3.63, 3.8) is 0 Å². The van der Waals surface area contributed by atoms with Crippen molar-refractivity contribution >= 4 is 17.0 Å². The molecule has 2 aromatic rings. The van der Waals surface area contributed by atoms with E-state index in [1.165, 1.54) is 21.0 Å². The maximum Gasteiger partial charge on any atom is 0.0367 e. The Bertz CT molecular complexity index is 571. The second kappa shape index (κ2) is 6.60. The number of para-hydroxylation sites is 1. The molecule has 3 nitrogen and oxygen atoms in total. The topological polar surface area (TPSA) is 32.5 Å². The summed E-state index contributed by atoms with van der Waals surface area (Å²) in [6, 6.07) is 13.0. The molecule has 0 aliphatic carbocycles. The van der Waals surface area contributed by atoms with Crippen molar-refractivity contribution in [3.05, 3.63) is 51.7 Å². The Morgan fingerprint density at radius 3 is 2.43 bits per heavy atom. The monoisotopic (exact) mass is 301 g/mol. The van der Waals surface area contributed by atoms with Crippen LogP contribution in [-0.2, 0) is 13.1 Å². The van der Waals surface area contributed by atoms with Crippen LogP contribution < -0.4 is 10.6 Å². The van der Waals surface area contributed by atoms with Crippen LogP contribution in [0.3, 0.4) is 0 Å². The van der Waals surface area contributed by atoms with Crippen LogP contribution in [0.15, 0.2) is 36.4 Å². The number of aryl methyl sites for hydroxylation is 1. The molecule has 0 atom stereocenters. The fourth-order valence-electron chi connectivity index (χ4n) is 2.89. The maximum absolute atomic E-state index is 5.74. The molecule has 1 aromatic heterocycles. The van der Waals surface area contributed by atoms with Crippen LogP contribution in [0.2, 0.25) is 0 Å². The Balaban J connectivity index is 1.57. The first kappa shape index (κ1) is 14.6. The van der Waals surface area contributed by atoms with Crippen molar-refractivity contribution in [1.82, 2.24) is 4.90 Å². The highest BCUT2D eigenvalue weighted by Gasteiger charge is 2.18. The number of nitrogens with two attached hydrogens (primary N) is 1. The van der Waals surface area contributed by atoms with E-state index in [0.29, 0.717) is 6.54 Å². The van der Waals surface area contributed by atoms with Gasteiger partial charge in [-0.2, -0.15) is 0 Å². The number of anilines is 1. The summed E-state index contributed by atoms with van der Waals surface area (Å²) >= 11 is 1.84. The number of rotatable bonds is 4. The van der Waals surface area contributed by atoms with Gasteiger partial charge in [-0.05, 0) is 30.7 Å². The van der Waals surface area contributed by atoms with E-state index in [1.54, 1.807) is 0 Å². The average Bonchev–Trinajstić information content (AvgIpc) is 2.89. The number of hydrogen-bond donors (Lipinski definition) is 1. The summed E-state index contributed by atoms with van der Waals surface area (Å²) in [7, 11) is 0. The number of benzene rings is 1. The predicted octanol–water partition coefficient (Wildman–Crippen LogP) is 2.84. The van der Waals surface area contributed by atoms with E-state index in [9.17, 15) is 0 Å². The molecule has 1 fully saturated rings. The van der Waals surface area contributed by atoms with E-state index in [-0.39, 0.29) is 0 Å². The third kappa shape index (κ3) is 3.46. The fourth-order valence-corrected chi connectivity index (χ4v) is 3.82. The van der Waals surface area contributed by atoms with Crippen LogP contribution >= 0.6 is 11.3 Å². The quantitative estimate of drug-likeness (QED) is 0.942. The molecule has 2 heterocycles. The minimum absolute atomic E-state index is 0.660. The second-order valence-corrected chi connectivity index (χ2v) is 6.94. The molecule has 2 N–H and O–H groups in total. The lowest BCUT2D eigenvalue weighted by Crippen LogP contribution is -2.45. The summed E-state index contributed by atoms with van der Waals surface area (Å²) in [5, 5.41) is 0. The van der Waals surface area contributed by atoms with Crippen molar-refractivity contribution in [2.75, 3.05) is 31.1 Å². The van der Waals surface area contributed by atoms with Gasteiger partial charge in [-0.25, -0.2) is 0 Å². The van der Waals surface area contributed by atoms with E-state index in [1.807, 2.05) is 11.3 Å². The van der Waals surface area contributed by atoms with E-state index < -0.39 is 0 Å². The Hall–Kier alpha value is -1.36. The average molecular weight is 301 g/mol. The van der Waals surface area contributed by atoms with Gasteiger partial charge < -0.3 is 10.6 Å². The Morgan fingerprint density at radius 2 is 1.81 bits per heavy atom. The van der Waals surface area contributed by atoms with Crippen molar-refractivity contribution < 1.29 is 0 Å². The molecule has 1 saturated heterocycles. The number of hydrogen-bond acceptors (Lipinski definition) is 4.